The summed E-state index contributed by atoms with van der Waals surface area (Å²) >= 11 is 4.83. The van der Waals surface area contributed by atoms with Crippen molar-refractivity contribution in [2.75, 3.05) is 4.90 Å². The molecule has 3 aromatic rings. The van der Waals surface area contributed by atoms with Gasteiger partial charge in [-0.1, -0.05) is 58.4 Å². The van der Waals surface area contributed by atoms with Gasteiger partial charge in [-0.2, -0.15) is 0 Å². The molecule has 0 N–H and O–H groups in total. The summed E-state index contributed by atoms with van der Waals surface area (Å²) < 4.78 is 0.991. The lowest BCUT2D eigenvalue weighted by Crippen LogP contribution is -2.32. The standard InChI is InChI=1S/C19H12BrN3OS/c20-15-8-6-13(7-9-15)12-16-18(24)23(19-21-10-11-25-19)17(22-16)14-4-2-1-3-5-14/h1-12H. The minimum absolute atomic E-state index is 0.170. The summed E-state index contributed by atoms with van der Waals surface area (Å²) in [6.45, 7) is 0. The van der Waals surface area contributed by atoms with Crippen molar-refractivity contribution in [3.8, 4) is 0 Å². The van der Waals surface area contributed by atoms with Crippen molar-refractivity contribution in [1.29, 1.82) is 0 Å². The minimum Gasteiger partial charge on any atom is -0.266 e. The smallest absolute Gasteiger partial charge is 0.266 e. The number of thiazole rings is 1. The quantitative estimate of drug-likeness (QED) is 0.586. The number of halogens is 1. The summed E-state index contributed by atoms with van der Waals surface area (Å²) in [4.78, 5) is 23.4. The van der Waals surface area contributed by atoms with Gasteiger partial charge in [-0.15, -0.1) is 11.3 Å². The number of rotatable bonds is 3. The number of anilines is 1. The first kappa shape index (κ1) is 15.9. The number of carbonyl (C=O) groups is 1. The number of benzene rings is 2. The average molecular weight is 410 g/mol. The predicted molar refractivity (Wildman–Crippen MR) is 105 cm³/mol. The number of amidine groups is 1. The maximum Gasteiger partial charge on any atom is 0.284 e. The van der Waals surface area contributed by atoms with Crippen LogP contribution in [0.5, 0.6) is 0 Å². The van der Waals surface area contributed by atoms with Gasteiger partial charge in [0.15, 0.2) is 5.13 Å². The van der Waals surface area contributed by atoms with Gasteiger partial charge >= 0.3 is 0 Å². The van der Waals surface area contributed by atoms with Crippen molar-refractivity contribution in [3.63, 3.8) is 0 Å². The van der Waals surface area contributed by atoms with Crippen LogP contribution in [0.3, 0.4) is 0 Å². The van der Waals surface area contributed by atoms with E-state index in [0.717, 1.165) is 15.6 Å². The summed E-state index contributed by atoms with van der Waals surface area (Å²) in [5.41, 5.74) is 2.20. The largest absolute Gasteiger partial charge is 0.284 e. The van der Waals surface area contributed by atoms with Gasteiger partial charge < -0.3 is 0 Å². The highest BCUT2D eigenvalue weighted by molar-refractivity contribution is 9.10. The molecule has 0 atom stereocenters. The van der Waals surface area contributed by atoms with E-state index in [9.17, 15) is 4.79 Å². The summed E-state index contributed by atoms with van der Waals surface area (Å²) in [7, 11) is 0. The van der Waals surface area contributed by atoms with Crippen LogP contribution in [0.1, 0.15) is 11.1 Å². The Kier molecular flexibility index (Phi) is 4.29. The molecule has 2 heterocycles. The van der Waals surface area contributed by atoms with Crippen LogP contribution in [0.25, 0.3) is 6.08 Å². The second kappa shape index (κ2) is 6.74. The van der Waals surface area contributed by atoms with Crippen LogP contribution in [0, 0.1) is 0 Å². The first-order chi connectivity index (χ1) is 12.2. The summed E-state index contributed by atoms with van der Waals surface area (Å²) in [6.07, 6.45) is 3.48. The zero-order valence-corrected chi connectivity index (χ0v) is 15.4. The van der Waals surface area contributed by atoms with Crippen LogP contribution in [-0.4, -0.2) is 16.7 Å². The summed E-state index contributed by atoms with van der Waals surface area (Å²) in [5.74, 6) is 0.431. The molecule has 6 heteroatoms. The molecule has 1 aromatic heterocycles. The number of hydrogen-bond donors (Lipinski definition) is 0. The lowest BCUT2D eigenvalue weighted by Gasteiger charge is -2.14. The average Bonchev–Trinajstić information content (AvgIpc) is 3.26. The molecule has 122 valence electrons. The van der Waals surface area contributed by atoms with Crippen molar-refractivity contribution in [2.24, 2.45) is 4.99 Å². The molecule has 25 heavy (non-hydrogen) atoms. The zero-order valence-electron chi connectivity index (χ0n) is 13.0. The van der Waals surface area contributed by atoms with Crippen molar-refractivity contribution in [3.05, 3.63) is 87.5 Å². The topological polar surface area (TPSA) is 45.6 Å². The van der Waals surface area contributed by atoms with Crippen LogP contribution < -0.4 is 4.90 Å². The van der Waals surface area contributed by atoms with Gasteiger partial charge in [-0.3, -0.25) is 4.79 Å². The highest BCUT2D eigenvalue weighted by Crippen LogP contribution is 2.29. The molecule has 0 saturated carbocycles. The van der Waals surface area contributed by atoms with Crippen LogP contribution >= 0.6 is 27.3 Å². The van der Waals surface area contributed by atoms with E-state index >= 15 is 0 Å². The van der Waals surface area contributed by atoms with Gasteiger partial charge in [0.25, 0.3) is 5.91 Å². The number of amides is 1. The Balaban J connectivity index is 1.80. The fourth-order valence-electron chi connectivity index (χ4n) is 2.52. The van der Waals surface area contributed by atoms with E-state index in [2.05, 4.69) is 25.9 Å². The van der Waals surface area contributed by atoms with Crippen molar-refractivity contribution < 1.29 is 4.79 Å². The highest BCUT2D eigenvalue weighted by Gasteiger charge is 2.33. The fourth-order valence-corrected chi connectivity index (χ4v) is 3.42. The third-order valence-corrected chi connectivity index (χ3v) is 4.96. The van der Waals surface area contributed by atoms with Crippen molar-refractivity contribution in [2.45, 2.75) is 0 Å². The summed E-state index contributed by atoms with van der Waals surface area (Å²) in [5, 5.41) is 2.47. The Morgan fingerprint density at radius 3 is 2.48 bits per heavy atom. The molecule has 0 aliphatic carbocycles. The molecule has 0 radical (unpaired) electrons. The Bertz CT molecular complexity index is 964. The second-order valence-corrected chi connectivity index (χ2v) is 7.13. The molecule has 0 spiro atoms. The molecule has 0 unspecified atom stereocenters. The minimum atomic E-state index is -0.170. The molecule has 4 nitrogen and oxygen atoms in total. The molecule has 0 fully saturated rings. The number of hydrogen-bond acceptors (Lipinski definition) is 4. The number of carbonyl (C=O) groups excluding carboxylic acids is 1. The van der Waals surface area contributed by atoms with Crippen LogP contribution in [-0.2, 0) is 4.79 Å². The van der Waals surface area contributed by atoms with Gasteiger partial charge in [0.05, 0.1) is 0 Å². The predicted octanol–water partition coefficient (Wildman–Crippen LogP) is 4.74. The highest BCUT2D eigenvalue weighted by atomic mass is 79.9. The molecule has 4 rings (SSSR count). The fraction of sp³-hybridized carbons (Fsp3) is 0. The van der Waals surface area contributed by atoms with E-state index in [1.165, 1.54) is 11.3 Å². The van der Waals surface area contributed by atoms with E-state index < -0.39 is 0 Å². The van der Waals surface area contributed by atoms with E-state index in [1.807, 2.05) is 60.0 Å². The van der Waals surface area contributed by atoms with Gasteiger partial charge in [-0.25, -0.2) is 14.9 Å². The Labute approximate surface area is 157 Å². The van der Waals surface area contributed by atoms with E-state index in [4.69, 9.17) is 0 Å². The van der Waals surface area contributed by atoms with Gasteiger partial charge in [0.2, 0.25) is 0 Å². The van der Waals surface area contributed by atoms with Crippen LogP contribution in [0.2, 0.25) is 0 Å². The molecule has 1 amide bonds. The van der Waals surface area contributed by atoms with Crippen LogP contribution in [0.15, 0.2) is 81.3 Å². The molecule has 1 aliphatic heterocycles. The molecular weight excluding hydrogens is 398 g/mol. The zero-order chi connectivity index (χ0) is 17.2. The third kappa shape index (κ3) is 3.18. The van der Waals surface area contributed by atoms with Gasteiger partial charge in [0, 0.05) is 21.6 Å². The van der Waals surface area contributed by atoms with Crippen LogP contribution in [0.4, 0.5) is 5.13 Å². The van der Waals surface area contributed by atoms with Crippen molar-refractivity contribution >= 4 is 50.2 Å². The van der Waals surface area contributed by atoms with Crippen molar-refractivity contribution in [1.82, 2.24) is 4.98 Å². The van der Waals surface area contributed by atoms with Gasteiger partial charge in [0.1, 0.15) is 11.5 Å². The number of aliphatic imine (C=N–C) groups is 1. The van der Waals surface area contributed by atoms with E-state index in [-0.39, 0.29) is 5.91 Å². The van der Waals surface area contributed by atoms with Gasteiger partial charge in [-0.05, 0) is 23.8 Å². The third-order valence-electron chi connectivity index (χ3n) is 3.68. The Hall–Kier alpha value is -2.57. The molecule has 1 aliphatic rings. The lowest BCUT2D eigenvalue weighted by atomic mass is 10.2. The molecule has 0 bridgehead atoms. The number of aromatic nitrogens is 1. The first-order valence-electron chi connectivity index (χ1n) is 7.58. The molecule has 0 saturated heterocycles. The molecular formula is C19H12BrN3OS. The normalized spacial score (nSPS) is 15.7. The summed E-state index contributed by atoms with van der Waals surface area (Å²) in [6, 6.07) is 17.4. The van der Waals surface area contributed by atoms with E-state index in [0.29, 0.717) is 16.7 Å². The SMILES string of the molecule is O=C1C(=Cc2ccc(Br)cc2)N=C(c2ccccc2)N1c1nccs1. The number of nitrogens with zero attached hydrogens (tertiary/aromatic N) is 3. The first-order valence-corrected chi connectivity index (χ1v) is 9.25. The maximum absolute atomic E-state index is 13.0. The maximum atomic E-state index is 13.0. The van der Waals surface area contributed by atoms with E-state index in [1.54, 1.807) is 17.2 Å². The molecule has 2 aromatic carbocycles. The Morgan fingerprint density at radius 1 is 1.04 bits per heavy atom. The second-order valence-electron chi connectivity index (χ2n) is 5.34. The monoisotopic (exact) mass is 409 g/mol. The lowest BCUT2D eigenvalue weighted by molar-refractivity contribution is -0.113. The Morgan fingerprint density at radius 2 is 1.80 bits per heavy atom.